The highest BCUT2D eigenvalue weighted by atomic mass is 16.6. The Balaban J connectivity index is 2.27. The zero-order valence-corrected chi connectivity index (χ0v) is 6.87. The maximum Gasteiger partial charge on any atom is 0.0947 e. The number of nitrogens with zero attached hydrogens (tertiary/aromatic N) is 2. The van der Waals surface area contributed by atoms with Gasteiger partial charge in [0.05, 0.1) is 25.2 Å². The number of hydrogen-bond acceptors (Lipinski definition) is 3. The summed E-state index contributed by atoms with van der Waals surface area (Å²) in [4.78, 5) is 9.06. The molecule has 1 aromatic rings. The number of aromatic nitrogens is 2. The van der Waals surface area contributed by atoms with Gasteiger partial charge in [-0.15, -0.1) is 0 Å². The highest BCUT2D eigenvalue weighted by Gasteiger charge is 1.93. The maximum absolute atomic E-state index is 4.95. The molecule has 4 nitrogen and oxygen atoms in total. The molecule has 62 valence electrons. The third-order valence-corrected chi connectivity index (χ3v) is 1.26. The highest BCUT2D eigenvalue weighted by molar-refractivity contribution is 4.94. The van der Waals surface area contributed by atoms with Crippen molar-refractivity contribution >= 4 is 0 Å². The van der Waals surface area contributed by atoms with Crippen molar-refractivity contribution in [1.29, 1.82) is 0 Å². The highest BCUT2D eigenvalue weighted by Crippen LogP contribution is 1.91. The molecule has 0 fully saturated rings. The molecule has 0 unspecified atom stereocenters. The molecule has 0 amide bonds. The van der Waals surface area contributed by atoms with Crippen LogP contribution >= 0.6 is 0 Å². The lowest BCUT2D eigenvalue weighted by molar-refractivity contribution is 0.0457. The minimum absolute atomic E-state index is 0.661. The lowest BCUT2D eigenvalue weighted by Crippen LogP contribution is -2.13. The minimum Gasteiger partial charge on any atom is -0.340 e. The summed E-state index contributed by atoms with van der Waals surface area (Å²) in [5.41, 5.74) is 3.78. The van der Waals surface area contributed by atoms with Gasteiger partial charge in [-0.3, -0.25) is 0 Å². The number of imidazole rings is 1. The van der Waals surface area contributed by atoms with Crippen molar-refractivity contribution in [2.75, 3.05) is 6.61 Å². The first-order valence-corrected chi connectivity index (χ1v) is 3.64. The summed E-state index contributed by atoms with van der Waals surface area (Å²) in [5, 5.41) is 0. The molecule has 0 saturated carbocycles. The Morgan fingerprint density at radius 2 is 2.55 bits per heavy atom. The number of hydroxylamine groups is 1. The van der Waals surface area contributed by atoms with E-state index in [0.717, 1.165) is 5.69 Å². The predicted octanol–water partition coefficient (Wildman–Crippen LogP) is 0.461. The molecule has 0 atom stereocenters. The Morgan fingerprint density at radius 3 is 3.09 bits per heavy atom. The fraction of sp³-hybridized carbons (Fsp3) is 0.571. The van der Waals surface area contributed by atoms with Crippen molar-refractivity contribution in [3.63, 3.8) is 0 Å². The Kier molecular flexibility index (Phi) is 3.07. The van der Waals surface area contributed by atoms with Crippen LogP contribution in [0.15, 0.2) is 12.5 Å². The third kappa shape index (κ3) is 2.69. The average molecular weight is 155 g/mol. The van der Waals surface area contributed by atoms with Gasteiger partial charge in [0.15, 0.2) is 0 Å². The molecule has 1 rings (SSSR count). The molecule has 0 radical (unpaired) electrons. The summed E-state index contributed by atoms with van der Waals surface area (Å²) in [6.45, 7) is 3.27. The van der Waals surface area contributed by atoms with E-state index in [1.54, 1.807) is 6.33 Å². The van der Waals surface area contributed by atoms with Gasteiger partial charge in [-0.1, -0.05) is 0 Å². The largest absolute Gasteiger partial charge is 0.340 e. The topological polar surface area (TPSA) is 39.1 Å². The van der Waals surface area contributed by atoms with Crippen LogP contribution < -0.4 is 5.48 Å². The van der Waals surface area contributed by atoms with Crippen molar-refractivity contribution in [3.8, 4) is 0 Å². The van der Waals surface area contributed by atoms with Crippen LogP contribution in [-0.4, -0.2) is 16.2 Å². The molecule has 0 aliphatic rings. The van der Waals surface area contributed by atoms with E-state index in [4.69, 9.17) is 4.84 Å². The van der Waals surface area contributed by atoms with Gasteiger partial charge >= 0.3 is 0 Å². The van der Waals surface area contributed by atoms with Gasteiger partial charge in [0, 0.05) is 13.2 Å². The zero-order chi connectivity index (χ0) is 8.10. The fourth-order valence-corrected chi connectivity index (χ4v) is 0.785. The lowest BCUT2D eigenvalue weighted by atomic mass is 10.5. The fourth-order valence-electron chi connectivity index (χ4n) is 0.785. The van der Waals surface area contributed by atoms with E-state index < -0.39 is 0 Å². The molecule has 11 heavy (non-hydrogen) atoms. The molecule has 0 spiro atoms. The number of aryl methyl sites for hydroxylation is 1. The molecule has 0 aromatic carbocycles. The van der Waals surface area contributed by atoms with Crippen LogP contribution in [0.3, 0.4) is 0 Å². The maximum atomic E-state index is 4.95. The second-order valence-corrected chi connectivity index (χ2v) is 2.28. The quantitative estimate of drug-likeness (QED) is 0.507. The van der Waals surface area contributed by atoms with Gasteiger partial charge in [-0.2, -0.15) is 5.48 Å². The number of nitrogens with one attached hydrogen (secondary N) is 1. The Labute approximate surface area is 66.1 Å². The van der Waals surface area contributed by atoms with Crippen LogP contribution in [0.2, 0.25) is 0 Å². The van der Waals surface area contributed by atoms with E-state index in [1.807, 2.05) is 24.7 Å². The predicted molar refractivity (Wildman–Crippen MR) is 41.7 cm³/mol. The standard InChI is InChI=1S/C7H13N3O/c1-3-11-9-4-7-5-10(2)6-8-7/h5-6,9H,3-4H2,1-2H3. The molecule has 1 N–H and O–H groups in total. The molecule has 0 bridgehead atoms. The third-order valence-electron chi connectivity index (χ3n) is 1.26. The van der Waals surface area contributed by atoms with Crippen molar-refractivity contribution in [2.24, 2.45) is 7.05 Å². The van der Waals surface area contributed by atoms with Crippen LogP contribution in [0.4, 0.5) is 0 Å². The van der Waals surface area contributed by atoms with Crippen LogP contribution in [0.5, 0.6) is 0 Å². The molecular formula is C7H13N3O. The van der Waals surface area contributed by atoms with E-state index in [-0.39, 0.29) is 0 Å². The smallest absolute Gasteiger partial charge is 0.0947 e. The normalized spacial score (nSPS) is 10.4. The summed E-state index contributed by atoms with van der Waals surface area (Å²) in [6.07, 6.45) is 3.72. The molecular weight excluding hydrogens is 142 g/mol. The molecule has 1 aromatic heterocycles. The van der Waals surface area contributed by atoms with Crippen LogP contribution in [0, 0.1) is 0 Å². The second-order valence-electron chi connectivity index (χ2n) is 2.28. The number of hydrogen-bond donors (Lipinski definition) is 1. The van der Waals surface area contributed by atoms with Gasteiger partial charge in [-0.05, 0) is 6.92 Å². The SMILES string of the molecule is CCONCc1cn(C)cn1. The Bertz CT molecular complexity index is 209. The first-order chi connectivity index (χ1) is 5.33. The lowest BCUT2D eigenvalue weighted by Gasteiger charge is -1.98. The summed E-state index contributed by atoms with van der Waals surface area (Å²) < 4.78 is 1.91. The molecule has 0 saturated heterocycles. The molecule has 0 aliphatic carbocycles. The molecule has 0 aliphatic heterocycles. The van der Waals surface area contributed by atoms with Gasteiger partial charge in [0.2, 0.25) is 0 Å². The molecule has 4 heteroatoms. The van der Waals surface area contributed by atoms with Gasteiger partial charge in [-0.25, -0.2) is 4.98 Å². The second kappa shape index (κ2) is 4.10. The van der Waals surface area contributed by atoms with E-state index in [2.05, 4.69) is 10.5 Å². The summed E-state index contributed by atoms with van der Waals surface area (Å²) in [5.74, 6) is 0. The van der Waals surface area contributed by atoms with Crippen LogP contribution in [0.1, 0.15) is 12.6 Å². The number of rotatable bonds is 4. The van der Waals surface area contributed by atoms with Gasteiger partial charge in [0.1, 0.15) is 0 Å². The Hall–Kier alpha value is -0.870. The van der Waals surface area contributed by atoms with Crippen molar-refractivity contribution in [2.45, 2.75) is 13.5 Å². The summed E-state index contributed by atoms with van der Waals surface area (Å²) in [6, 6.07) is 0. The average Bonchev–Trinajstić information content (AvgIpc) is 2.37. The summed E-state index contributed by atoms with van der Waals surface area (Å²) in [7, 11) is 1.94. The monoisotopic (exact) mass is 155 g/mol. The van der Waals surface area contributed by atoms with Crippen molar-refractivity contribution in [1.82, 2.24) is 15.0 Å². The first kappa shape index (κ1) is 8.23. The first-order valence-electron chi connectivity index (χ1n) is 3.64. The van der Waals surface area contributed by atoms with Crippen molar-refractivity contribution < 1.29 is 4.84 Å². The minimum atomic E-state index is 0.661. The Morgan fingerprint density at radius 1 is 1.73 bits per heavy atom. The van der Waals surface area contributed by atoms with Crippen LogP contribution in [-0.2, 0) is 18.4 Å². The van der Waals surface area contributed by atoms with E-state index >= 15 is 0 Å². The van der Waals surface area contributed by atoms with E-state index in [1.165, 1.54) is 0 Å². The van der Waals surface area contributed by atoms with Gasteiger partial charge < -0.3 is 9.40 Å². The van der Waals surface area contributed by atoms with Crippen LogP contribution in [0.25, 0.3) is 0 Å². The van der Waals surface area contributed by atoms with Crippen molar-refractivity contribution in [3.05, 3.63) is 18.2 Å². The van der Waals surface area contributed by atoms with E-state index in [9.17, 15) is 0 Å². The molecule has 1 heterocycles. The zero-order valence-electron chi connectivity index (χ0n) is 6.87. The van der Waals surface area contributed by atoms with E-state index in [0.29, 0.717) is 13.2 Å². The summed E-state index contributed by atoms with van der Waals surface area (Å²) >= 11 is 0. The van der Waals surface area contributed by atoms with Gasteiger partial charge in [0.25, 0.3) is 0 Å².